The summed E-state index contributed by atoms with van der Waals surface area (Å²) in [6.45, 7) is 3.58. The van der Waals surface area contributed by atoms with Crippen molar-refractivity contribution >= 4 is 16.9 Å². The third-order valence-corrected chi connectivity index (χ3v) is 3.31. The average Bonchev–Trinajstić information content (AvgIpc) is 2.43. The van der Waals surface area contributed by atoms with Gasteiger partial charge in [0.15, 0.2) is 6.79 Å². The topological polar surface area (TPSA) is 86.0 Å². The molecule has 0 unspecified atom stereocenters. The lowest BCUT2D eigenvalue weighted by atomic mass is 10.0. The fourth-order valence-electron chi connectivity index (χ4n) is 2.21. The van der Waals surface area contributed by atoms with E-state index in [2.05, 4.69) is 0 Å². The molecule has 6 nitrogen and oxygen atoms in total. The zero-order valence-electron chi connectivity index (χ0n) is 12.1. The molecule has 1 heterocycles. The van der Waals surface area contributed by atoms with Gasteiger partial charge in [0, 0.05) is 18.1 Å². The zero-order valence-corrected chi connectivity index (χ0v) is 12.1. The molecule has 6 heteroatoms. The largest absolute Gasteiger partial charge is 0.481 e. The fourth-order valence-corrected chi connectivity index (χ4v) is 2.21. The predicted octanol–water partition coefficient (Wildman–Crippen LogP) is 2.02. The van der Waals surface area contributed by atoms with E-state index in [4.69, 9.17) is 19.0 Å². The minimum Gasteiger partial charge on any atom is -0.481 e. The Labute approximate surface area is 120 Å². The van der Waals surface area contributed by atoms with E-state index in [1.165, 1.54) is 7.11 Å². The molecule has 1 N–H and O–H groups in total. The van der Waals surface area contributed by atoms with E-state index in [0.29, 0.717) is 27.8 Å². The van der Waals surface area contributed by atoms with Crippen LogP contribution in [0.25, 0.3) is 11.0 Å². The van der Waals surface area contributed by atoms with Crippen LogP contribution in [-0.2, 0) is 16.0 Å². The van der Waals surface area contributed by atoms with Gasteiger partial charge in [-0.05, 0) is 31.5 Å². The van der Waals surface area contributed by atoms with Crippen molar-refractivity contribution in [1.82, 2.24) is 0 Å². The first-order chi connectivity index (χ1) is 9.95. The van der Waals surface area contributed by atoms with Crippen LogP contribution in [0.5, 0.6) is 5.75 Å². The lowest BCUT2D eigenvalue weighted by Gasteiger charge is -2.12. The van der Waals surface area contributed by atoms with E-state index in [1.54, 1.807) is 26.0 Å². The quantitative estimate of drug-likeness (QED) is 0.670. The number of aliphatic carboxylic acids is 1. The summed E-state index contributed by atoms with van der Waals surface area (Å²) in [6, 6.07) is 3.49. The molecule has 0 aliphatic heterocycles. The minimum atomic E-state index is -1.07. The lowest BCUT2D eigenvalue weighted by Crippen LogP contribution is -2.15. The Balaban J connectivity index is 2.63. The monoisotopic (exact) mass is 292 g/mol. The summed E-state index contributed by atoms with van der Waals surface area (Å²) in [7, 11) is 1.51. The van der Waals surface area contributed by atoms with E-state index in [0.717, 1.165) is 0 Å². The summed E-state index contributed by atoms with van der Waals surface area (Å²) in [5, 5.41) is 9.57. The molecule has 0 bridgehead atoms. The molecule has 21 heavy (non-hydrogen) atoms. The molecule has 112 valence electrons. The van der Waals surface area contributed by atoms with Gasteiger partial charge in [-0.15, -0.1) is 0 Å². The Bertz CT molecular complexity index is 744. The second-order valence-electron chi connectivity index (χ2n) is 4.68. The molecule has 0 aliphatic carbocycles. The molecule has 2 rings (SSSR count). The van der Waals surface area contributed by atoms with Gasteiger partial charge in [0.2, 0.25) is 0 Å². The summed E-state index contributed by atoms with van der Waals surface area (Å²) in [4.78, 5) is 22.8. The number of ether oxygens (including phenoxy) is 2. The van der Waals surface area contributed by atoms with Crippen LogP contribution in [0.3, 0.4) is 0 Å². The molecule has 0 radical (unpaired) electrons. The van der Waals surface area contributed by atoms with Gasteiger partial charge in [-0.1, -0.05) is 0 Å². The van der Waals surface area contributed by atoms with Gasteiger partial charge in [0.25, 0.3) is 0 Å². The van der Waals surface area contributed by atoms with Crippen molar-refractivity contribution in [3.05, 3.63) is 39.2 Å². The highest BCUT2D eigenvalue weighted by Crippen LogP contribution is 2.29. The molecule has 0 fully saturated rings. The molecule has 0 saturated carbocycles. The molecule has 1 aromatic heterocycles. The minimum absolute atomic E-state index is 0.0899. The Morgan fingerprint density at radius 2 is 2.00 bits per heavy atom. The number of methoxy groups -OCH3 is 1. The first kappa shape index (κ1) is 15.1. The number of fused-ring (bicyclic) bond motifs is 1. The number of hydrogen-bond donors (Lipinski definition) is 1. The summed E-state index contributed by atoms with van der Waals surface area (Å²) < 4.78 is 15.5. The van der Waals surface area contributed by atoms with Crippen molar-refractivity contribution in [3.63, 3.8) is 0 Å². The van der Waals surface area contributed by atoms with E-state index in [9.17, 15) is 9.59 Å². The standard InChI is InChI=1S/C15H16O6/c1-8-10-4-5-12(20-7-19-3)9(2)14(10)21-15(18)11(8)6-13(16)17/h4-5H,6-7H2,1-3H3,(H,16,17). The number of carbonyl (C=O) groups is 1. The Morgan fingerprint density at radius 1 is 1.29 bits per heavy atom. The Morgan fingerprint density at radius 3 is 2.62 bits per heavy atom. The highest BCUT2D eigenvalue weighted by molar-refractivity contribution is 5.86. The predicted molar refractivity (Wildman–Crippen MR) is 75.8 cm³/mol. The summed E-state index contributed by atoms with van der Waals surface area (Å²) in [5.74, 6) is -0.514. The third-order valence-electron chi connectivity index (χ3n) is 3.31. The first-order valence-corrected chi connectivity index (χ1v) is 6.35. The molecule has 2 aromatic rings. The van der Waals surface area contributed by atoms with Gasteiger partial charge in [-0.25, -0.2) is 4.79 Å². The maximum Gasteiger partial charge on any atom is 0.340 e. The summed E-state index contributed by atoms with van der Waals surface area (Å²) in [6.07, 6.45) is -0.356. The van der Waals surface area contributed by atoms with Crippen LogP contribution < -0.4 is 10.4 Å². The van der Waals surface area contributed by atoms with Crippen molar-refractivity contribution in [2.24, 2.45) is 0 Å². The van der Waals surface area contributed by atoms with E-state index < -0.39 is 11.6 Å². The Hall–Kier alpha value is -2.34. The Kier molecular flexibility index (Phi) is 4.28. The molecule has 0 spiro atoms. The van der Waals surface area contributed by atoms with Crippen molar-refractivity contribution in [1.29, 1.82) is 0 Å². The van der Waals surface area contributed by atoms with Crippen LogP contribution in [0.15, 0.2) is 21.3 Å². The SMILES string of the molecule is COCOc1ccc2c(C)c(CC(=O)O)c(=O)oc2c1C. The van der Waals surface area contributed by atoms with Crippen molar-refractivity contribution in [2.45, 2.75) is 20.3 Å². The number of carboxylic acid groups (broad SMARTS) is 1. The highest BCUT2D eigenvalue weighted by Gasteiger charge is 2.17. The van der Waals surface area contributed by atoms with Crippen LogP contribution >= 0.6 is 0 Å². The maximum atomic E-state index is 12.0. The van der Waals surface area contributed by atoms with E-state index >= 15 is 0 Å². The van der Waals surface area contributed by atoms with Gasteiger partial charge in [0.05, 0.1) is 12.0 Å². The average molecular weight is 292 g/mol. The number of benzene rings is 1. The van der Waals surface area contributed by atoms with Gasteiger partial charge in [0.1, 0.15) is 11.3 Å². The highest BCUT2D eigenvalue weighted by atomic mass is 16.7. The van der Waals surface area contributed by atoms with Crippen LogP contribution in [-0.4, -0.2) is 25.0 Å². The first-order valence-electron chi connectivity index (χ1n) is 6.35. The molecular formula is C15H16O6. The molecule has 1 aromatic carbocycles. The van der Waals surface area contributed by atoms with Gasteiger partial charge in [-0.2, -0.15) is 0 Å². The third kappa shape index (κ3) is 2.90. The summed E-state index contributed by atoms with van der Waals surface area (Å²) >= 11 is 0. The fraction of sp³-hybridized carbons (Fsp3) is 0.333. The second kappa shape index (κ2) is 5.97. The number of aryl methyl sites for hydroxylation is 2. The normalized spacial score (nSPS) is 10.8. The van der Waals surface area contributed by atoms with Crippen LogP contribution in [0, 0.1) is 13.8 Å². The summed E-state index contributed by atoms with van der Waals surface area (Å²) in [5.41, 5.74) is 1.23. The van der Waals surface area contributed by atoms with E-state index in [1.807, 2.05) is 0 Å². The number of carboxylic acids is 1. The van der Waals surface area contributed by atoms with Crippen LogP contribution in [0.2, 0.25) is 0 Å². The molecule has 0 aliphatic rings. The van der Waals surface area contributed by atoms with Gasteiger partial charge < -0.3 is 19.0 Å². The molecule has 0 saturated heterocycles. The molecule has 0 amide bonds. The number of hydrogen-bond acceptors (Lipinski definition) is 5. The number of rotatable bonds is 5. The molecule has 0 atom stereocenters. The van der Waals surface area contributed by atoms with Crippen molar-refractivity contribution in [3.8, 4) is 5.75 Å². The van der Waals surface area contributed by atoms with Crippen LogP contribution in [0.1, 0.15) is 16.7 Å². The van der Waals surface area contributed by atoms with E-state index in [-0.39, 0.29) is 18.8 Å². The van der Waals surface area contributed by atoms with Gasteiger partial charge >= 0.3 is 11.6 Å². The lowest BCUT2D eigenvalue weighted by molar-refractivity contribution is -0.136. The smallest absolute Gasteiger partial charge is 0.340 e. The maximum absolute atomic E-state index is 12.0. The van der Waals surface area contributed by atoms with Gasteiger partial charge in [-0.3, -0.25) is 4.79 Å². The second-order valence-corrected chi connectivity index (χ2v) is 4.68. The zero-order chi connectivity index (χ0) is 15.6. The van der Waals surface area contributed by atoms with Crippen molar-refractivity contribution < 1.29 is 23.8 Å². The molecular weight excluding hydrogens is 276 g/mol. The van der Waals surface area contributed by atoms with Crippen molar-refractivity contribution in [2.75, 3.05) is 13.9 Å². The van der Waals surface area contributed by atoms with Crippen LogP contribution in [0.4, 0.5) is 0 Å².